The predicted octanol–water partition coefficient (Wildman–Crippen LogP) is 12.5. The van der Waals surface area contributed by atoms with Gasteiger partial charge in [0.05, 0.1) is 75.3 Å². The third-order valence-corrected chi connectivity index (χ3v) is 12.5. The number of methoxy groups -OCH3 is 4. The van der Waals surface area contributed by atoms with Gasteiger partial charge in [-0.3, -0.25) is 0 Å². The lowest BCUT2D eigenvalue weighted by molar-refractivity contribution is 0.299. The third kappa shape index (κ3) is 16.4. The van der Waals surface area contributed by atoms with Crippen LogP contribution in [0, 0.1) is 11.8 Å². The highest BCUT2D eigenvalue weighted by atomic mass is 35.5. The SMILES string of the molecule is COc1ccc(CN(Cc2ccc(OC)cc2)c2cc(Cl)c(O)cn2)cc1.COc1ccc(CN(Cc2ccc(OC)cc2)c2cc(Cl)c(OCC3CC3)cn2)cc1.Nc1cc(Cl)c(OCC2CC2)cn1. The fourth-order valence-electron chi connectivity index (χ4n) is 7.04. The molecule has 2 fully saturated rings. The largest absolute Gasteiger partial charge is 0.505 e. The minimum atomic E-state index is -0.0331. The quantitative estimate of drug-likeness (QED) is 0.0747. The summed E-state index contributed by atoms with van der Waals surface area (Å²) in [4.78, 5) is 17.2. The first-order chi connectivity index (χ1) is 34.5. The molecule has 0 unspecified atom stereocenters. The summed E-state index contributed by atoms with van der Waals surface area (Å²) in [5, 5.41) is 11.1. The number of hydrogen-bond donors (Lipinski definition) is 2. The maximum Gasteiger partial charge on any atom is 0.156 e. The highest BCUT2D eigenvalue weighted by molar-refractivity contribution is 6.32. The van der Waals surface area contributed by atoms with Crippen molar-refractivity contribution in [2.75, 3.05) is 57.2 Å². The highest BCUT2D eigenvalue weighted by Gasteiger charge is 2.24. The lowest BCUT2D eigenvalue weighted by atomic mass is 10.1. The summed E-state index contributed by atoms with van der Waals surface area (Å²) in [6.07, 6.45) is 9.67. The molecule has 9 rings (SSSR count). The van der Waals surface area contributed by atoms with Crippen molar-refractivity contribution in [2.24, 2.45) is 11.8 Å². The zero-order chi connectivity index (χ0) is 50.1. The van der Waals surface area contributed by atoms with E-state index in [9.17, 15) is 5.11 Å². The molecule has 7 aromatic rings. The molecule has 16 heteroatoms. The molecule has 2 aliphatic carbocycles. The monoisotopic (exact) mass is 1020 g/mol. The zero-order valence-electron chi connectivity index (χ0n) is 40.3. The smallest absolute Gasteiger partial charge is 0.156 e. The molecule has 3 heterocycles. The zero-order valence-corrected chi connectivity index (χ0v) is 42.5. The van der Waals surface area contributed by atoms with Crippen molar-refractivity contribution in [1.82, 2.24) is 15.0 Å². The second-order valence-electron chi connectivity index (χ2n) is 17.1. The molecular formula is C55H59Cl3N6O7. The van der Waals surface area contributed by atoms with Crippen molar-refractivity contribution in [1.29, 1.82) is 0 Å². The van der Waals surface area contributed by atoms with Crippen molar-refractivity contribution < 1.29 is 33.5 Å². The number of hydrogen-bond acceptors (Lipinski definition) is 13. The first-order valence-electron chi connectivity index (χ1n) is 23.2. The van der Waals surface area contributed by atoms with E-state index >= 15 is 0 Å². The summed E-state index contributed by atoms with van der Waals surface area (Å²) in [6, 6.07) is 37.1. The Bertz CT molecular complexity index is 2650. The van der Waals surface area contributed by atoms with E-state index in [1.807, 2.05) is 78.9 Å². The molecular weight excluding hydrogens is 963 g/mol. The summed E-state index contributed by atoms with van der Waals surface area (Å²) in [5.41, 5.74) is 9.97. The number of benzene rings is 4. The first kappa shape index (κ1) is 52.0. The maximum absolute atomic E-state index is 9.68. The molecule has 0 amide bonds. The average molecular weight is 1020 g/mol. The maximum atomic E-state index is 9.68. The molecule has 0 atom stereocenters. The van der Waals surface area contributed by atoms with Crippen LogP contribution in [-0.4, -0.2) is 61.7 Å². The molecule has 372 valence electrons. The van der Waals surface area contributed by atoms with Gasteiger partial charge in [-0.05, 0) is 108 Å². The van der Waals surface area contributed by atoms with Gasteiger partial charge in [0.25, 0.3) is 0 Å². The van der Waals surface area contributed by atoms with Gasteiger partial charge in [0, 0.05) is 44.4 Å². The number of nitrogens with zero attached hydrogens (tertiary/aromatic N) is 5. The minimum Gasteiger partial charge on any atom is -0.505 e. The number of rotatable bonds is 20. The number of ether oxygens (including phenoxy) is 6. The lowest BCUT2D eigenvalue weighted by Crippen LogP contribution is -2.23. The number of halogens is 3. The fourth-order valence-corrected chi connectivity index (χ4v) is 7.60. The van der Waals surface area contributed by atoms with Crippen LogP contribution in [0.3, 0.4) is 0 Å². The van der Waals surface area contributed by atoms with Gasteiger partial charge in [0.15, 0.2) is 17.2 Å². The molecule has 0 aliphatic heterocycles. The number of nitrogens with two attached hydrogens (primary N) is 1. The van der Waals surface area contributed by atoms with Crippen LogP contribution < -0.4 is 44.0 Å². The standard InChI is InChI=1S/C25H27ClN2O3.C21H21ClN2O3.C9H11ClN2O/c1-29-21-9-5-18(6-10-21)15-28(16-19-7-11-22(30-2)12-8-19)25-13-23(26)24(14-27-25)31-17-20-3-4-20;1-26-17-7-3-15(4-8-17)13-24(21-11-19(22)20(25)12-23-21)14-16-5-9-18(27-2)10-6-16;10-7-3-9(11)12-4-8(7)13-5-6-1-2-6/h5-14,20H,3-4,15-17H2,1-2H3;3-12,25H,13-14H2,1-2H3;3-4,6H,1-2,5H2,(H2,11,12). The summed E-state index contributed by atoms with van der Waals surface area (Å²) in [5.74, 6) is 7.82. The molecule has 3 aromatic heterocycles. The van der Waals surface area contributed by atoms with Crippen LogP contribution in [0.1, 0.15) is 47.9 Å². The van der Waals surface area contributed by atoms with E-state index in [-0.39, 0.29) is 10.8 Å². The van der Waals surface area contributed by atoms with Gasteiger partial charge in [-0.1, -0.05) is 83.3 Å². The Morgan fingerprint density at radius 1 is 0.479 bits per heavy atom. The number of aromatic hydroxyl groups is 1. The van der Waals surface area contributed by atoms with E-state index in [0.29, 0.717) is 77.8 Å². The van der Waals surface area contributed by atoms with E-state index in [1.54, 1.807) is 53.0 Å². The van der Waals surface area contributed by atoms with E-state index in [4.69, 9.17) is 69.0 Å². The first-order valence-corrected chi connectivity index (χ1v) is 24.3. The van der Waals surface area contributed by atoms with Crippen LogP contribution in [0.25, 0.3) is 0 Å². The van der Waals surface area contributed by atoms with Gasteiger partial charge in [0.2, 0.25) is 0 Å². The van der Waals surface area contributed by atoms with E-state index in [2.05, 4.69) is 49.0 Å². The van der Waals surface area contributed by atoms with E-state index < -0.39 is 0 Å². The lowest BCUT2D eigenvalue weighted by Gasteiger charge is -2.25. The Morgan fingerprint density at radius 2 is 0.803 bits per heavy atom. The van der Waals surface area contributed by atoms with Crippen LogP contribution in [0.15, 0.2) is 134 Å². The molecule has 2 aliphatic rings. The van der Waals surface area contributed by atoms with Crippen LogP contribution >= 0.6 is 34.8 Å². The van der Waals surface area contributed by atoms with Gasteiger partial charge < -0.3 is 49.1 Å². The summed E-state index contributed by atoms with van der Waals surface area (Å²) in [6.45, 7) is 4.07. The molecule has 0 saturated heterocycles. The molecule has 71 heavy (non-hydrogen) atoms. The van der Waals surface area contributed by atoms with Crippen molar-refractivity contribution in [2.45, 2.75) is 51.9 Å². The molecule has 0 bridgehead atoms. The van der Waals surface area contributed by atoms with Crippen molar-refractivity contribution in [3.05, 3.63) is 171 Å². The number of pyridine rings is 3. The number of anilines is 3. The van der Waals surface area contributed by atoms with Crippen molar-refractivity contribution >= 4 is 52.3 Å². The Balaban J connectivity index is 0.000000168. The van der Waals surface area contributed by atoms with Crippen molar-refractivity contribution in [3.8, 4) is 40.2 Å². The fraction of sp³-hybridized carbons (Fsp3) is 0.291. The van der Waals surface area contributed by atoms with Crippen LogP contribution in [0.2, 0.25) is 15.1 Å². The van der Waals surface area contributed by atoms with Gasteiger partial charge in [-0.15, -0.1) is 0 Å². The normalized spacial score (nSPS) is 12.5. The Kier molecular flexibility index (Phi) is 19.0. The topological polar surface area (TPSA) is 147 Å². The Hall–Kier alpha value is -6.80. The average Bonchev–Trinajstić information content (AvgIpc) is 4.35. The predicted molar refractivity (Wildman–Crippen MR) is 282 cm³/mol. The van der Waals surface area contributed by atoms with Gasteiger partial charge in [-0.25, -0.2) is 15.0 Å². The van der Waals surface area contributed by atoms with Crippen molar-refractivity contribution in [3.63, 3.8) is 0 Å². The molecule has 2 saturated carbocycles. The molecule has 4 aromatic carbocycles. The molecule has 0 spiro atoms. The number of aromatic nitrogens is 3. The van der Waals surface area contributed by atoms with Gasteiger partial charge in [-0.2, -0.15) is 0 Å². The second-order valence-corrected chi connectivity index (χ2v) is 18.3. The van der Waals surface area contributed by atoms with Gasteiger partial charge in [0.1, 0.15) is 40.5 Å². The third-order valence-electron chi connectivity index (χ3n) is 11.6. The molecule has 13 nitrogen and oxygen atoms in total. The molecule has 0 radical (unpaired) electrons. The second kappa shape index (κ2) is 25.9. The molecule has 3 N–H and O–H groups in total. The highest BCUT2D eigenvalue weighted by Crippen LogP contribution is 2.35. The summed E-state index contributed by atoms with van der Waals surface area (Å²) >= 11 is 18.5. The van der Waals surface area contributed by atoms with Gasteiger partial charge >= 0.3 is 0 Å². The van der Waals surface area contributed by atoms with E-state index in [0.717, 1.165) is 57.7 Å². The van der Waals surface area contributed by atoms with Crippen LogP contribution in [0.5, 0.6) is 40.2 Å². The van der Waals surface area contributed by atoms with E-state index in [1.165, 1.54) is 31.9 Å². The number of nitrogen functional groups attached to an aromatic ring is 1. The van der Waals surface area contributed by atoms with Crippen LogP contribution in [0.4, 0.5) is 17.5 Å². The summed E-state index contributed by atoms with van der Waals surface area (Å²) < 4.78 is 32.3. The summed E-state index contributed by atoms with van der Waals surface area (Å²) in [7, 11) is 6.63. The minimum absolute atomic E-state index is 0.0331. The Morgan fingerprint density at radius 3 is 1.11 bits per heavy atom. The van der Waals surface area contributed by atoms with Crippen LogP contribution in [-0.2, 0) is 26.2 Å². The Labute approximate surface area is 431 Å².